The number of nitrogens with one attached hydrogen (secondary N) is 2. The molecule has 5 aromatic rings. The third-order valence-corrected chi connectivity index (χ3v) is 14.3. The van der Waals surface area contributed by atoms with Crippen molar-refractivity contribution in [2.45, 2.75) is 111 Å². The van der Waals surface area contributed by atoms with Gasteiger partial charge in [0.05, 0.1) is 30.0 Å². The normalized spacial score (nSPS) is 20.2. The third kappa shape index (κ3) is 11.1. The van der Waals surface area contributed by atoms with Crippen molar-refractivity contribution in [1.82, 2.24) is 35.1 Å². The zero-order chi connectivity index (χ0) is 51.4. The first-order valence-corrected chi connectivity index (χ1v) is 25.2. The molecule has 382 valence electrons. The Labute approximate surface area is 422 Å². The summed E-state index contributed by atoms with van der Waals surface area (Å²) in [7, 11) is 3.25. The number of rotatable bonds is 11. The van der Waals surface area contributed by atoms with Crippen LogP contribution in [0.4, 0.5) is 4.79 Å². The molecule has 0 radical (unpaired) electrons. The van der Waals surface area contributed by atoms with Crippen LogP contribution >= 0.6 is 0 Å². The molecule has 1 unspecified atom stereocenters. The lowest BCUT2D eigenvalue weighted by Crippen LogP contribution is -2.62. The van der Waals surface area contributed by atoms with Gasteiger partial charge in [-0.3, -0.25) is 29.2 Å². The van der Waals surface area contributed by atoms with Crippen LogP contribution in [0.3, 0.4) is 0 Å². The fraction of sp³-hybridized carbons (Fsp3) is 0.464. The number of hydrazine groups is 1. The average molecular weight is 984 g/mol. The molecular formula is C56H69N7O9. The largest absolute Gasteiger partial charge is 0.508 e. The van der Waals surface area contributed by atoms with Crippen molar-refractivity contribution in [3.8, 4) is 28.1 Å². The summed E-state index contributed by atoms with van der Waals surface area (Å²) in [4.78, 5) is 78.4. The maximum absolute atomic E-state index is 14.8. The molecule has 8 rings (SSSR count). The van der Waals surface area contributed by atoms with Crippen molar-refractivity contribution in [1.29, 1.82) is 0 Å². The highest BCUT2D eigenvalue weighted by molar-refractivity contribution is 5.96. The maximum atomic E-state index is 14.8. The molecule has 2 fully saturated rings. The summed E-state index contributed by atoms with van der Waals surface area (Å²) >= 11 is 0. The first-order valence-electron chi connectivity index (χ1n) is 25.2. The van der Waals surface area contributed by atoms with Crippen LogP contribution in [-0.2, 0) is 59.4 Å². The number of amides is 4. The van der Waals surface area contributed by atoms with E-state index < -0.39 is 53.3 Å². The van der Waals surface area contributed by atoms with Crippen molar-refractivity contribution < 1.29 is 43.3 Å². The van der Waals surface area contributed by atoms with Crippen molar-refractivity contribution in [2.75, 3.05) is 40.4 Å². The summed E-state index contributed by atoms with van der Waals surface area (Å²) in [5, 5.41) is 16.8. The Morgan fingerprint density at radius 2 is 1.76 bits per heavy atom. The van der Waals surface area contributed by atoms with Gasteiger partial charge in [-0.25, -0.2) is 10.2 Å². The van der Waals surface area contributed by atoms with Crippen LogP contribution in [-0.4, -0.2) is 118 Å². The Hall–Kier alpha value is -6.78. The van der Waals surface area contributed by atoms with E-state index in [1.54, 1.807) is 32.5 Å². The van der Waals surface area contributed by atoms with E-state index in [2.05, 4.69) is 54.3 Å². The summed E-state index contributed by atoms with van der Waals surface area (Å²) in [5.74, 6) is -2.77. The van der Waals surface area contributed by atoms with Crippen molar-refractivity contribution in [3.05, 3.63) is 107 Å². The molecule has 2 aromatic heterocycles. The molecule has 6 bridgehead atoms. The molecule has 72 heavy (non-hydrogen) atoms. The van der Waals surface area contributed by atoms with Gasteiger partial charge in [-0.2, -0.15) is 0 Å². The monoisotopic (exact) mass is 984 g/mol. The van der Waals surface area contributed by atoms with Crippen LogP contribution in [0.2, 0.25) is 0 Å². The highest BCUT2D eigenvalue weighted by atomic mass is 16.6. The summed E-state index contributed by atoms with van der Waals surface area (Å²) in [6.07, 6.45) is 2.81. The highest BCUT2D eigenvalue weighted by Gasteiger charge is 2.41. The number of carbonyl (C=O) groups excluding carboxylic acids is 5. The van der Waals surface area contributed by atoms with Gasteiger partial charge < -0.3 is 39.0 Å². The Bertz CT molecular complexity index is 2810. The average Bonchev–Trinajstić information content (AvgIpc) is 3.99. The van der Waals surface area contributed by atoms with Gasteiger partial charge in [0.2, 0.25) is 11.8 Å². The van der Waals surface area contributed by atoms with Crippen LogP contribution in [0.15, 0.2) is 85.1 Å². The third-order valence-electron chi connectivity index (χ3n) is 14.3. The van der Waals surface area contributed by atoms with Gasteiger partial charge in [-0.05, 0) is 110 Å². The molecule has 0 aliphatic carbocycles. The molecular weight excluding hydrogens is 915 g/mol. The minimum absolute atomic E-state index is 0.0184. The number of phenolic OH excluding ortho intramolecular Hbond substituents is 1. The number of cyclic esters (lactones) is 1. The first kappa shape index (κ1) is 51.6. The van der Waals surface area contributed by atoms with E-state index in [0.717, 1.165) is 44.5 Å². The molecule has 5 atom stereocenters. The zero-order valence-electron chi connectivity index (χ0n) is 42.8. The number of aromatic hydroxyl groups is 1. The van der Waals surface area contributed by atoms with Crippen molar-refractivity contribution in [2.24, 2.45) is 17.3 Å². The van der Waals surface area contributed by atoms with Crippen LogP contribution in [0.25, 0.3) is 33.3 Å². The number of esters is 1. The van der Waals surface area contributed by atoms with E-state index in [1.807, 2.05) is 69.3 Å². The maximum Gasteiger partial charge on any atom is 0.410 e. The predicted molar refractivity (Wildman–Crippen MR) is 273 cm³/mol. The van der Waals surface area contributed by atoms with E-state index in [4.69, 9.17) is 19.2 Å². The minimum atomic E-state index is -1.18. The van der Waals surface area contributed by atoms with Crippen LogP contribution in [0.5, 0.6) is 5.75 Å². The molecule has 3 N–H and O–H groups in total. The standard InChI is InChI=1S/C56H69N7O9/c1-9-62-47-20-19-38-29-43(47)44(50(62)42-17-13-22-57-48(42)35(4)70-8)30-56(5,6)33-72-54(68)45-18-14-23-63(59-45)53(67)46(27-37-25-40(38)28-41(64)26-37)58-51(65)49(34(2)3)60(7)52(66)39-21-24-61(31-39)55(69)71-32-36-15-11-10-12-16-36/h10-13,15-17,19-20,22,25-26,28-29,34-35,39,45-46,49,59,64H,9,14,18,21,23-24,27,30-33H2,1-8H3,(H,58,65)/t35-,39-,45-,46-,49?/m0/s1. The second-order valence-corrected chi connectivity index (χ2v) is 20.6. The fourth-order valence-corrected chi connectivity index (χ4v) is 10.6. The van der Waals surface area contributed by atoms with E-state index in [0.29, 0.717) is 49.9 Å². The molecule has 3 aliphatic heterocycles. The molecule has 0 spiro atoms. The lowest BCUT2D eigenvalue weighted by atomic mass is 9.84. The van der Waals surface area contributed by atoms with E-state index >= 15 is 0 Å². The Kier molecular flexibility index (Phi) is 15.7. The summed E-state index contributed by atoms with van der Waals surface area (Å²) < 4.78 is 19.8. The topological polar surface area (TPSA) is 185 Å². The number of likely N-dealkylation sites (N-methyl/N-ethyl adjacent to an activating group) is 1. The van der Waals surface area contributed by atoms with Gasteiger partial charge in [0, 0.05) is 74.8 Å². The number of hydrogen-bond acceptors (Lipinski definition) is 11. The fourth-order valence-electron chi connectivity index (χ4n) is 10.6. The van der Waals surface area contributed by atoms with E-state index in [9.17, 15) is 29.1 Å². The summed E-state index contributed by atoms with van der Waals surface area (Å²) in [6.45, 7) is 13.5. The van der Waals surface area contributed by atoms with Gasteiger partial charge in [0.15, 0.2) is 0 Å². The smallest absolute Gasteiger partial charge is 0.410 e. The lowest BCUT2D eigenvalue weighted by molar-refractivity contribution is -0.155. The number of ether oxygens (including phenoxy) is 3. The second-order valence-electron chi connectivity index (χ2n) is 20.6. The van der Waals surface area contributed by atoms with Gasteiger partial charge in [-0.1, -0.05) is 70.2 Å². The number of methoxy groups -OCH3 is 1. The van der Waals surface area contributed by atoms with Gasteiger partial charge in [0.1, 0.15) is 30.5 Å². The Morgan fingerprint density at radius 1 is 0.986 bits per heavy atom. The number of carbonyl (C=O) groups is 5. The molecule has 16 heteroatoms. The number of aromatic nitrogens is 2. The molecule has 0 saturated carbocycles. The predicted octanol–water partition coefficient (Wildman–Crippen LogP) is 7.59. The van der Waals surface area contributed by atoms with Crippen LogP contribution in [0.1, 0.15) is 89.3 Å². The molecule has 4 amide bonds. The number of phenols is 1. The number of likely N-dealkylation sites (tertiary alicyclic amines) is 1. The number of benzene rings is 3. The summed E-state index contributed by atoms with van der Waals surface area (Å²) in [6, 6.07) is 21.8. The van der Waals surface area contributed by atoms with E-state index in [1.165, 1.54) is 14.8 Å². The molecule has 16 nitrogen and oxygen atoms in total. The number of nitrogens with zero attached hydrogens (tertiary/aromatic N) is 5. The van der Waals surface area contributed by atoms with Gasteiger partial charge in [-0.15, -0.1) is 0 Å². The Balaban J connectivity index is 1.13. The summed E-state index contributed by atoms with van der Waals surface area (Å²) in [5.41, 5.74) is 10.3. The molecule has 3 aliphatic rings. The molecule has 2 saturated heterocycles. The number of hydrogen-bond donors (Lipinski definition) is 3. The minimum Gasteiger partial charge on any atom is -0.508 e. The first-order chi connectivity index (χ1) is 34.5. The molecule has 3 aromatic carbocycles. The van der Waals surface area contributed by atoms with Crippen molar-refractivity contribution >= 4 is 40.7 Å². The SMILES string of the molecule is CCn1c(-c2cccnc2[C@H](C)OC)c2c3cc(ccc31)-c1cc(O)cc(c1)C[C@H](NC(=O)C(C(C)C)N(C)C(=O)[C@H]1CCN(C(=O)OCc3ccccc3)C1)C(=O)N1CCC[C@H](N1)C(=O)OCC(C)(C)C2. The van der Waals surface area contributed by atoms with Gasteiger partial charge in [0.25, 0.3) is 5.91 Å². The van der Waals surface area contributed by atoms with Gasteiger partial charge >= 0.3 is 12.1 Å². The number of pyridine rings is 1. The zero-order valence-corrected chi connectivity index (χ0v) is 42.8. The van der Waals surface area contributed by atoms with Crippen molar-refractivity contribution in [3.63, 3.8) is 0 Å². The second kappa shape index (κ2) is 21.9. The van der Waals surface area contributed by atoms with E-state index in [-0.39, 0.29) is 56.4 Å². The van der Waals surface area contributed by atoms with Crippen LogP contribution < -0.4 is 10.7 Å². The quantitative estimate of drug-likeness (QED) is 0.111. The number of fused-ring (bicyclic) bond motifs is 6. The lowest BCUT2D eigenvalue weighted by Gasteiger charge is -2.37. The van der Waals surface area contributed by atoms with Crippen LogP contribution in [0, 0.1) is 17.3 Å². The molecule has 5 heterocycles. The highest BCUT2D eigenvalue weighted by Crippen LogP contribution is 2.42. The number of aryl methyl sites for hydroxylation is 1. The Morgan fingerprint density at radius 3 is 2.50 bits per heavy atom.